The second-order valence-electron chi connectivity index (χ2n) is 4.82. The van der Waals surface area contributed by atoms with Gasteiger partial charge < -0.3 is 10.5 Å². The first-order chi connectivity index (χ1) is 9.19. The second kappa shape index (κ2) is 4.94. The second-order valence-corrected chi connectivity index (χ2v) is 5.98. The molecule has 0 aliphatic heterocycles. The summed E-state index contributed by atoms with van der Waals surface area (Å²) in [6.07, 6.45) is 3.50. The zero-order valence-electron chi connectivity index (χ0n) is 10.8. The minimum Gasteiger partial charge on any atom is -0.497 e. The predicted octanol–water partition coefficient (Wildman–Crippen LogP) is 3.43. The number of rotatable bonds is 3. The molecular weight excluding hydrogens is 261 g/mol. The molecule has 100 valence electrons. The molecule has 0 bridgehead atoms. The summed E-state index contributed by atoms with van der Waals surface area (Å²) in [7, 11) is 1.53. The van der Waals surface area contributed by atoms with Gasteiger partial charge in [0.15, 0.2) is 0 Å². The van der Waals surface area contributed by atoms with Crippen molar-refractivity contribution in [3.63, 3.8) is 0 Å². The molecular formula is C15H16FNOS. The molecule has 0 spiro atoms. The highest BCUT2D eigenvalue weighted by molar-refractivity contribution is 7.12. The Morgan fingerprint density at radius 1 is 1.32 bits per heavy atom. The van der Waals surface area contributed by atoms with Gasteiger partial charge in [-0.3, -0.25) is 0 Å². The maximum absolute atomic E-state index is 14.0. The van der Waals surface area contributed by atoms with Crippen LogP contribution in [-0.4, -0.2) is 7.11 Å². The molecule has 0 saturated carbocycles. The van der Waals surface area contributed by atoms with E-state index in [4.69, 9.17) is 10.5 Å². The number of hydrogen-bond donors (Lipinski definition) is 1. The fourth-order valence-electron chi connectivity index (χ4n) is 2.55. The van der Waals surface area contributed by atoms with Gasteiger partial charge in [-0.1, -0.05) is 6.07 Å². The van der Waals surface area contributed by atoms with E-state index in [1.807, 2.05) is 0 Å². The van der Waals surface area contributed by atoms with Crippen LogP contribution in [0.1, 0.15) is 33.3 Å². The largest absolute Gasteiger partial charge is 0.497 e. The summed E-state index contributed by atoms with van der Waals surface area (Å²) in [4.78, 5) is 2.47. The molecule has 1 aliphatic carbocycles. The Morgan fingerprint density at radius 3 is 2.84 bits per heavy atom. The lowest BCUT2D eigenvalue weighted by molar-refractivity contribution is 0.410. The average molecular weight is 277 g/mol. The molecule has 2 N–H and O–H groups in total. The van der Waals surface area contributed by atoms with Crippen LogP contribution in [0, 0.1) is 5.82 Å². The van der Waals surface area contributed by atoms with E-state index in [-0.39, 0.29) is 11.9 Å². The Morgan fingerprint density at radius 2 is 2.16 bits per heavy atom. The highest BCUT2D eigenvalue weighted by atomic mass is 32.1. The van der Waals surface area contributed by atoms with Crippen molar-refractivity contribution in [2.24, 2.45) is 5.73 Å². The maximum atomic E-state index is 14.0. The molecule has 4 heteroatoms. The molecule has 0 saturated heterocycles. The Bertz CT molecular complexity index is 587. The first kappa shape index (κ1) is 12.6. The van der Waals surface area contributed by atoms with Crippen molar-refractivity contribution in [2.75, 3.05) is 7.11 Å². The molecule has 1 heterocycles. The topological polar surface area (TPSA) is 35.2 Å². The van der Waals surface area contributed by atoms with Crippen LogP contribution in [0.25, 0.3) is 0 Å². The van der Waals surface area contributed by atoms with E-state index in [0.717, 1.165) is 17.7 Å². The standard InChI is InChI=1S/C15H16FNOS/c1-18-10-5-6-11(12(16)8-10)15(17)14-7-9-3-2-4-13(9)19-14/h5-8,15H,2-4,17H2,1H3. The van der Waals surface area contributed by atoms with E-state index in [9.17, 15) is 4.39 Å². The number of aryl methyl sites for hydroxylation is 2. The molecule has 0 amide bonds. The number of fused-ring (bicyclic) bond motifs is 1. The van der Waals surface area contributed by atoms with E-state index >= 15 is 0 Å². The smallest absolute Gasteiger partial charge is 0.132 e. The molecule has 2 aromatic rings. The zero-order valence-corrected chi connectivity index (χ0v) is 11.6. The lowest BCUT2D eigenvalue weighted by Gasteiger charge is -2.12. The third kappa shape index (κ3) is 2.26. The highest BCUT2D eigenvalue weighted by Gasteiger charge is 2.21. The average Bonchev–Trinajstić information content (AvgIpc) is 2.98. The molecule has 2 nitrogen and oxygen atoms in total. The van der Waals surface area contributed by atoms with Crippen LogP contribution in [0.15, 0.2) is 24.3 Å². The van der Waals surface area contributed by atoms with Crippen LogP contribution in [0.3, 0.4) is 0 Å². The third-order valence-corrected chi connectivity index (χ3v) is 4.94. The van der Waals surface area contributed by atoms with Crippen LogP contribution in [0.4, 0.5) is 4.39 Å². The number of nitrogens with two attached hydrogens (primary N) is 1. The molecule has 1 aromatic heterocycles. The summed E-state index contributed by atoms with van der Waals surface area (Å²) >= 11 is 1.72. The summed E-state index contributed by atoms with van der Waals surface area (Å²) in [5.41, 5.74) is 8.12. The molecule has 1 aromatic carbocycles. The SMILES string of the molecule is COc1ccc(C(N)c2cc3c(s2)CCC3)c(F)c1. The molecule has 19 heavy (non-hydrogen) atoms. The lowest BCUT2D eigenvalue weighted by atomic mass is 10.0. The Labute approximate surface area is 116 Å². The Kier molecular flexibility index (Phi) is 3.29. The lowest BCUT2D eigenvalue weighted by Crippen LogP contribution is -2.12. The van der Waals surface area contributed by atoms with Crippen LogP contribution in [0.2, 0.25) is 0 Å². The van der Waals surface area contributed by atoms with Crippen LogP contribution >= 0.6 is 11.3 Å². The van der Waals surface area contributed by atoms with Crippen molar-refractivity contribution in [2.45, 2.75) is 25.3 Å². The number of hydrogen-bond acceptors (Lipinski definition) is 3. The van der Waals surface area contributed by atoms with E-state index < -0.39 is 0 Å². The van der Waals surface area contributed by atoms with Gasteiger partial charge in [-0.05, 0) is 37.0 Å². The quantitative estimate of drug-likeness (QED) is 0.933. The summed E-state index contributed by atoms with van der Waals surface area (Å²) in [6, 6.07) is 6.60. The Balaban J connectivity index is 1.92. The van der Waals surface area contributed by atoms with Crippen molar-refractivity contribution < 1.29 is 9.13 Å². The van der Waals surface area contributed by atoms with Gasteiger partial charge in [-0.25, -0.2) is 4.39 Å². The molecule has 0 radical (unpaired) electrons. The first-order valence-corrected chi connectivity index (χ1v) is 7.21. The first-order valence-electron chi connectivity index (χ1n) is 6.39. The number of thiophene rings is 1. The van der Waals surface area contributed by atoms with Crippen molar-refractivity contribution in [1.29, 1.82) is 0 Å². The summed E-state index contributed by atoms with van der Waals surface area (Å²) in [5.74, 6) is 0.211. The van der Waals surface area contributed by atoms with Gasteiger partial charge >= 0.3 is 0 Å². The number of halogens is 1. The monoisotopic (exact) mass is 277 g/mol. The molecule has 3 rings (SSSR count). The fourth-order valence-corrected chi connectivity index (χ4v) is 3.82. The Hall–Kier alpha value is -1.39. The van der Waals surface area contributed by atoms with Gasteiger partial charge in [0, 0.05) is 21.4 Å². The minimum atomic E-state index is -0.387. The van der Waals surface area contributed by atoms with Crippen LogP contribution < -0.4 is 10.5 Å². The molecule has 1 atom stereocenters. The van der Waals surface area contributed by atoms with E-state index in [2.05, 4.69) is 6.07 Å². The van der Waals surface area contributed by atoms with Gasteiger partial charge in [-0.2, -0.15) is 0 Å². The predicted molar refractivity (Wildman–Crippen MR) is 75.3 cm³/mol. The summed E-state index contributed by atoms with van der Waals surface area (Å²) < 4.78 is 19.0. The van der Waals surface area contributed by atoms with Gasteiger partial charge in [0.2, 0.25) is 0 Å². The van der Waals surface area contributed by atoms with Gasteiger partial charge in [0.1, 0.15) is 11.6 Å². The van der Waals surface area contributed by atoms with Gasteiger partial charge in [0.05, 0.1) is 13.2 Å². The van der Waals surface area contributed by atoms with Crippen LogP contribution in [0.5, 0.6) is 5.75 Å². The van der Waals surface area contributed by atoms with E-state index in [1.165, 1.54) is 30.0 Å². The summed E-state index contributed by atoms with van der Waals surface area (Å²) in [6.45, 7) is 0. The minimum absolute atomic E-state index is 0.305. The van der Waals surface area contributed by atoms with Crippen molar-refractivity contribution >= 4 is 11.3 Å². The van der Waals surface area contributed by atoms with Crippen molar-refractivity contribution in [1.82, 2.24) is 0 Å². The molecule has 1 unspecified atom stereocenters. The highest BCUT2D eigenvalue weighted by Crippen LogP contribution is 2.36. The summed E-state index contributed by atoms with van der Waals surface area (Å²) in [5, 5.41) is 0. The van der Waals surface area contributed by atoms with Gasteiger partial charge in [-0.15, -0.1) is 11.3 Å². The van der Waals surface area contributed by atoms with E-state index in [1.54, 1.807) is 23.5 Å². The maximum Gasteiger partial charge on any atom is 0.132 e. The van der Waals surface area contributed by atoms with Gasteiger partial charge in [0.25, 0.3) is 0 Å². The zero-order chi connectivity index (χ0) is 13.4. The number of methoxy groups -OCH3 is 1. The number of ether oxygens (including phenoxy) is 1. The van der Waals surface area contributed by atoms with Crippen molar-refractivity contribution in [3.8, 4) is 5.75 Å². The molecule has 0 fully saturated rings. The van der Waals surface area contributed by atoms with Crippen LogP contribution in [-0.2, 0) is 12.8 Å². The van der Waals surface area contributed by atoms with E-state index in [0.29, 0.717) is 11.3 Å². The molecule has 1 aliphatic rings. The normalized spacial score (nSPS) is 15.3. The van der Waals surface area contributed by atoms with Crippen molar-refractivity contribution in [3.05, 3.63) is 51.0 Å². The fraction of sp³-hybridized carbons (Fsp3) is 0.333. The third-order valence-electron chi connectivity index (χ3n) is 3.61. The number of benzene rings is 1.